The SMILES string of the molecule is Nc1cc(F)cc2c1OC1(CCCCC1)CC2=O. The number of nitrogen functional groups attached to an aromatic ring is 1. The topological polar surface area (TPSA) is 52.3 Å². The summed E-state index contributed by atoms with van der Waals surface area (Å²) in [6.07, 6.45) is 5.45. The van der Waals surface area contributed by atoms with Gasteiger partial charge in [0.2, 0.25) is 0 Å². The zero-order chi connectivity index (χ0) is 12.8. The van der Waals surface area contributed by atoms with Gasteiger partial charge in [0.25, 0.3) is 0 Å². The fourth-order valence-corrected chi connectivity index (χ4v) is 3.05. The summed E-state index contributed by atoms with van der Waals surface area (Å²) in [5, 5.41) is 0. The van der Waals surface area contributed by atoms with Crippen LogP contribution >= 0.6 is 0 Å². The van der Waals surface area contributed by atoms with Gasteiger partial charge in [0.15, 0.2) is 11.5 Å². The first-order chi connectivity index (χ1) is 8.60. The lowest BCUT2D eigenvalue weighted by atomic mass is 9.78. The third kappa shape index (κ3) is 1.76. The number of carbonyl (C=O) groups is 1. The number of rotatable bonds is 0. The van der Waals surface area contributed by atoms with Gasteiger partial charge in [0.1, 0.15) is 11.4 Å². The van der Waals surface area contributed by atoms with E-state index in [1.165, 1.54) is 18.6 Å². The van der Waals surface area contributed by atoms with E-state index in [9.17, 15) is 9.18 Å². The zero-order valence-corrected chi connectivity index (χ0v) is 10.2. The van der Waals surface area contributed by atoms with Gasteiger partial charge in [0, 0.05) is 6.07 Å². The predicted octanol–water partition coefficient (Wildman–Crippen LogP) is 3.08. The highest BCUT2D eigenvalue weighted by Gasteiger charge is 2.42. The summed E-state index contributed by atoms with van der Waals surface area (Å²) < 4.78 is 19.3. The van der Waals surface area contributed by atoms with Crippen molar-refractivity contribution in [2.24, 2.45) is 0 Å². The Morgan fingerprint density at radius 3 is 2.67 bits per heavy atom. The molecule has 0 amide bonds. The summed E-state index contributed by atoms with van der Waals surface area (Å²) in [5.74, 6) is -0.151. The Hall–Kier alpha value is -1.58. The van der Waals surface area contributed by atoms with Gasteiger partial charge in [-0.1, -0.05) is 6.42 Å². The molecule has 0 saturated heterocycles. The lowest BCUT2D eigenvalue weighted by Crippen LogP contribution is -2.43. The van der Waals surface area contributed by atoms with Crippen molar-refractivity contribution in [3.8, 4) is 5.75 Å². The molecule has 0 unspecified atom stereocenters. The first kappa shape index (κ1) is 11.5. The molecule has 2 aliphatic rings. The Bertz CT molecular complexity index is 507. The summed E-state index contributed by atoms with van der Waals surface area (Å²) in [7, 11) is 0. The maximum Gasteiger partial charge on any atom is 0.170 e. The quantitative estimate of drug-likeness (QED) is 0.719. The number of fused-ring (bicyclic) bond motifs is 1. The molecule has 0 aromatic heterocycles. The third-order valence-corrected chi connectivity index (χ3v) is 3.95. The van der Waals surface area contributed by atoms with Crippen LogP contribution < -0.4 is 10.5 Å². The predicted molar refractivity (Wildman–Crippen MR) is 66.2 cm³/mol. The lowest BCUT2D eigenvalue weighted by Gasteiger charge is -2.41. The molecule has 1 aromatic rings. The van der Waals surface area contributed by atoms with E-state index in [1.54, 1.807) is 0 Å². The molecule has 3 rings (SSSR count). The average molecular weight is 249 g/mol. The van der Waals surface area contributed by atoms with Gasteiger partial charge >= 0.3 is 0 Å². The van der Waals surface area contributed by atoms with Crippen LogP contribution in [0.1, 0.15) is 48.9 Å². The molecule has 1 aliphatic heterocycles. The molecule has 1 aliphatic carbocycles. The van der Waals surface area contributed by atoms with Gasteiger partial charge in [0.05, 0.1) is 17.7 Å². The molecule has 0 bridgehead atoms. The number of anilines is 1. The Balaban J connectivity index is 2.04. The van der Waals surface area contributed by atoms with Crippen molar-refractivity contribution >= 4 is 11.5 Å². The molecule has 18 heavy (non-hydrogen) atoms. The first-order valence-electron chi connectivity index (χ1n) is 6.41. The second-order valence-corrected chi connectivity index (χ2v) is 5.32. The highest BCUT2D eigenvalue weighted by atomic mass is 19.1. The Kier molecular flexibility index (Phi) is 2.54. The second kappa shape index (κ2) is 3.97. The van der Waals surface area contributed by atoms with Gasteiger partial charge in [-0.3, -0.25) is 4.79 Å². The van der Waals surface area contributed by atoms with Crippen molar-refractivity contribution in [2.75, 3.05) is 5.73 Å². The summed E-state index contributed by atoms with van der Waals surface area (Å²) in [5.41, 5.74) is 5.90. The van der Waals surface area contributed by atoms with Crippen LogP contribution in [0, 0.1) is 5.82 Å². The van der Waals surface area contributed by atoms with Gasteiger partial charge in [-0.05, 0) is 31.7 Å². The number of nitrogens with two attached hydrogens (primary N) is 1. The maximum atomic E-state index is 13.3. The minimum Gasteiger partial charge on any atom is -0.484 e. The molecule has 0 atom stereocenters. The van der Waals surface area contributed by atoms with E-state index in [2.05, 4.69) is 0 Å². The van der Waals surface area contributed by atoms with E-state index in [0.717, 1.165) is 25.7 Å². The number of Topliss-reactive ketones (excluding diaryl/α,β-unsaturated/α-hetero) is 1. The van der Waals surface area contributed by atoms with Crippen molar-refractivity contribution in [1.82, 2.24) is 0 Å². The molecular formula is C14H16FNO2. The maximum absolute atomic E-state index is 13.3. The zero-order valence-electron chi connectivity index (χ0n) is 10.2. The minimum atomic E-state index is -0.484. The number of hydrogen-bond donors (Lipinski definition) is 1. The largest absolute Gasteiger partial charge is 0.484 e. The smallest absolute Gasteiger partial charge is 0.170 e. The van der Waals surface area contributed by atoms with Crippen LogP contribution in [0.4, 0.5) is 10.1 Å². The van der Waals surface area contributed by atoms with Crippen LogP contribution in [0.3, 0.4) is 0 Å². The normalized spacial score (nSPS) is 21.5. The number of benzene rings is 1. The number of carbonyl (C=O) groups excluding carboxylic acids is 1. The molecule has 4 heteroatoms. The molecule has 1 saturated carbocycles. The van der Waals surface area contributed by atoms with Gasteiger partial charge in [-0.2, -0.15) is 0 Å². The first-order valence-corrected chi connectivity index (χ1v) is 6.41. The molecule has 96 valence electrons. The van der Waals surface area contributed by atoms with Crippen LogP contribution in [-0.4, -0.2) is 11.4 Å². The number of hydrogen-bond acceptors (Lipinski definition) is 3. The molecule has 3 nitrogen and oxygen atoms in total. The molecule has 1 spiro atoms. The van der Waals surface area contributed by atoms with Crippen molar-refractivity contribution in [1.29, 1.82) is 0 Å². The van der Waals surface area contributed by atoms with Crippen LogP contribution in [0.2, 0.25) is 0 Å². The summed E-state index contributed by atoms with van der Waals surface area (Å²) >= 11 is 0. The monoisotopic (exact) mass is 249 g/mol. The van der Waals surface area contributed by atoms with Crippen molar-refractivity contribution in [3.05, 3.63) is 23.5 Å². The van der Waals surface area contributed by atoms with E-state index in [-0.39, 0.29) is 11.5 Å². The van der Waals surface area contributed by atoms with Gasteiger partial charge < -0.3 is 10.5 Å². The molecule has 1 fully saturated rings. The minimum absolute atomic E-state index is 0.0515. The van der Waals surface area contributed by atoms with Crippen LogP contribution in [0.15, 0.2) is 12.1 Å². The summed E-state index contributed by atoms with van der Waals surface area (Å²) in [6.45, 7) is 0. The second-order valence-electron chi connectivity index (χ2n) is 5.32. The average Bonchev–Trinajstić information content (AvgIpc) is 2.32. The number of ketones is 1. The van der Waals surface area contributed by atoms with Gasteiger partial charge in [-0.25, -0.2) is 4.39 Å². The molecule has 0 radical (unpaired) electrons. The van der Waals surface area contributed by atoms with E-state index in [4.69, 9.17) is 10.5 Å². The fourth-order valence-electron chi connectivity index (χ4n) is 3.05. The van der Waals surface area contributed by atoms with Crippen molar-refractivity contribution in [3.63, 3.8) is 0 Å². The Morgan fingerprint density at radius 1 is 1.22 bits per heavy atom. The van der Waals surface area contributed by atoms with Gasteiger partial charge in [-0.15, -0.1) is 0 Å². The Morgan fingerprint density at radius 2 is 1.94 bits per heavy atom. The summed E-state index contributed by atoms with van der Waals surface area (Å²) in [4.78, 5) is 12.2. The van der Waals surface area contributed by atoms with Crippen LogP contribution in [0.25, 0.3) is 0 Å². The van der Waals surface area contributed by atoms with E-state index < -0.39 is 11.4 Å². The standard InChI is InChI=1S/C14H16FNO2/c15-9-6-10-12(17)8-14(4-2-1-3-5-14)18-13(10)11(16)7-9/h6-7H,1-5,8,16H2. The van der Waals surface area contributed by atoms with Crippen molar-refractivity contribution in [2.45, 2.75) is 44.1 Å². The Labute approximate surface area is 105 Å². The van der Waals surface area contributed by atoms with E-state index in [1.807, 2.05) is 0 Å². The molecular weight excluding hydrogens is 233 g/mol. The lowest BCUT2D eigenvalue weighted by molar-refractivity contribution is 0.0141. The van der Waals surface area contributed by atoms with E-state index >= 15 is 0 Å². The van der Waals surface area contributed by atoms with Crippen LogP contribution in [-0.2, 0) is 0 Å². The molecule has 1 aromatic carbocycles. The molecule has 2 N–H and O–H groups in total. The fraction of sp³-hybridized carbons (Fsp3) is 0.500. The van der Waals surface area contributed by atoms with Crippen LogP contribution in [0.5, 0.6) is 5.75 Å². The third-order valence-electron chi connectivity index (χ3n) is 3.95. The number of ether oxygens (including phenoxy) is 1. The number of halogens is 1. The van der Waals surface area contributed by atoms with Crippen molar-refractivity contribution < 1.29 is 13.9 Å². The summed E-state index contributed by atoms with van der Waals surface area (Å²) in [6, 6.07) is 2.44. The molecule has 1 heterocycles. The highest BCUT2D eigenvalue weighted by molar-refractivity contribution is 6.02. The van der Waals surface area contributed by atoms with E-state index in [0.29, 0.717) is 17.7 Å². The highest BCUT2D eigenvalue weighted by Crippen LogP contribution is 2.44.